The Morgan fingerprint density at radius 1 is 1.06 bits per heavy atom. The molecule has 0 radical (unpaired) electrons. The molecule has 1 N–H and O–H groups in total. The van der Waals surface area contributed by atoms with Crippen LogP contribution in [-0.2, 0) is 11.3 Å². The molecule has 156 valence electrons. The molecule has 0 atom stereocenters. The second kappa shape index (κ2) is 8.85. The minimum Gasteiger partial charge on any atom is -0.497 e. The van der Waals surface area contributed by atoms with Crippen molar-refractivity contribution in [2.75, 3.05) is 12.4 Å². The second-order valence-electron chi connectivity index (χ2n) is 6.59. The lowest BCUT2D eigenvalue weighted by molar-refractivity contribution is -0.116. The molecule has 31 heavy (non-hydrogen) atoms. The van der Waals surface area contributed by atoms with E-state index in [-0.39, 0.29) is 23.9 Å². The molecule has 0 fully saturated rings. The van der Waals surface area contributed by atoms with E-state index in [0.29, 0.717) is 27.8 Å². The number of methoxy groups -OCH3 is 1. The maximum Gasteiger partial charge on any atom is 0.259 e. The van der Waals surface area contributed by atoms with Gasteiger partial charge in [-0.05, 0) is 54.6 Å². The van der Waals surface area contributed by atoms with E-state index < -0.39 is 0 Å². The first-order chi connectivity index (χ1) is 15.0. The van der Waals surface area contributed by atoms with E-state index in [2.05, 4.69) is 15.5 Å². The number of hydrogen-bond donors (Lipinski definition) is 1. The summed E-state index contributed by atoms with van der Waals surface area (Å²) in [4.78, 5) is 29.0. The number of rotatable bonds is 6. The Balaban J connectivity index is 1.51. The summed E-state index contributed by atoms with van der Waals surface area (Å²) in [6, 6.07) is 16.8. The number of aromatic nitrogens is 3. The summed E-state index contributed by atoms with van der Waals surface area (Å²) in [5.74, 6) is 0.951. The van der Waals surface area contributed by atoms with Crippen molar-refractivity contribution in [2.24, 2.45) is 0 Å². The van der Waals surface area contributed by atoms with E-state index >= 15 is 0 Å². The molecule has 9 heteroatoms. The van der Waals surface area contributed by atoms with Crippen molar-refractivity contribution in [3.8, 4) is 28.6 Å². The highest BCUT2D eigenvalue weighted by atomic mass is 35.5. The predicted molar refractivity (Wildman–Crippen MR) is 116 cm³/mol. The number of anilines is 1. The molecule has 2 heterocycles. The fraction of sp³-hybridized carbons (Fsp3) is 0.0909. The molecule has 0 saturated heterocycles. The maximum absolute atomic E-state index is 12.4. The number of pyridine rings is 1. The van der Waals surface area contributed by atoms with E-state index in [0.717, 1.165) is 5.56 Å². The molecule has 8 nitrogen and oxygen atoms in total. The third kappa shape index (κ3) is 4.81. The van der Waals surface area contributed by atoms with Crippen LogP contribution in [0.1, 0.15) is 0 Å². The summed E-state index contributed by atoms with van der Waals surface area (Å²) in [7, 11) is 1.56. The van der Waals surface area contributed by atoms with Gasteiger partial charge in [0.2, 0.25) is 11.7 Å². The van der Waals surface area contributed by atoms with Crippen molar-refractivity contribution in [1.29, 1.82) is 0 Å². The van der Waals surface area contributed by atoms with Crippen LogP contribution >= 0.6 is 11.6 Å². The molecule has 0 aliphatic carbocycles. The van der Waals surface area contributed by atoms with Crippen molar-refractivity contribution in [1.82, 2.24) is 14.7 Å². The molecule has 4 rings (SSSR count). The van der Waals surface area contributed by atoms with Gasteiger partial charge in [0.05, 0.1) is 12.7 Å². The van der Waals surface area contributed by atoms with Gasteiger partial charge in [0.15, 0.2) is 0 Å². The van der Waals surface area contributed by atoms with Crippen LogP contribution in [0.2, 0.25) is 5.02 Å². The number of nitrogens with zero attached hydrogens (tertiary/aromatic N) is 3. The third-order valence-electron chi connectivity index (χ3n) is 4.45. The maximum atomic E-state index is 12.4. The van der Waals surface area contributed by atoms with Gasteiger partial charge in [0.1, 0.15) is 12.3 Å². The summed E-state index contributed by atoms with van der Waals surface area (Å²) in [6.45, 7) is -0.170. The van der Waals surface area contributed by atoms with Crippen molar-refractivity contribution in [2.45, 2.75) is 6.54 Å². The minimum atomic E-state index is -0.350. The van der Waals surface area contributed by atoms with Gasteiger partial charge in [0.25, 0.3) is 11.4 Å². The highest BCUT2D eigenvalue weighted by molar-refractivity contribution is 6.30. The lowest BCUT2D eigenvalue weighted by Crippen LogP contribution is -2.26. The summed E-state index contributed by atoms with van der Waals surface area (Å²) in [5, 5.41) is 7.32. The quantitative estimate of drug-likeness (QED) is 0.492. The normalized spacial score (nSPS) is 10.6. The van der Waals surface area contributed by atoms with Crippen LogP contribution in [0.5, 0.6) is 5.75 Å². The van der Waals surface area contributed by atoms with Crippen LogP contribution in [0, 0.1) is 0 Å². The molecule has 2 aromatic heterocycles. The molecule has 0 spiro atoms. The highest BCUT2D eigenvalue weighted by Gasteiger charge is 2.13. The van der Waals surface area contributed by atoms with Crippen LogP contribution in [0.3, 0.4) is 0 Å². The fourth-order valence-electron chi connectivity index (χ4n) is 2.87. The Kier molecular flexibility index (Phi) is 5.81. The van der Waals surface area contributed by atoms with Crippen LogP contribution in [0.25, 0.3) is 22.8 Å². The van der Waals surface area contributed by atoms with Crippen molar-refractivity contribution < 1.29 is 14.1 Å². The lowest BCUT2D eigenvalue weighted by atomic mass is 10.2. The first kappa shape index (κ1) is 20.4. The molecule has 0 aliphatic rings. The molecular formula is C22H17ClN4O4. The topological polar surface area (TPSA) is 99.2 Å². The number of carbonyl (C=O) groups is 1. The van der Waals surface area contributed by atoms with Crippen LogP contribution in [-0.4, -0.2) is 27.7 Å². The Labute approximate surface area is 182 Å². The Hall–Kier alpha value is -3.91. The molecule has 0 aliphatic heterocycles. The van der Waals surface area contributed by atoms with Gasteiger partial charge in [-0.25, -0.2) is 0 Å². The number of nitrogens with one attached hydrogen (secondary N) is 1. The van der Waals surface area contributed by atoms with Gasteiger partial charge in [0, 0.05) is 28.5 Å². The molecule has 4 aromatic rings. The number of carbonyl (C=O) groups excluding carboxylic acids is 1. The first-order valence-electron chi connectivity index (χ1n) is 9.26. The standard InChI is InChI=1S/C22H17ClN4O4/c1-30-18-9-7-17(8-10-18)24-19(28)13-27-12-15(4-11-20(27)29)22-25-21(26-31-22)14-2-5-16(23)6-3-14/h2-12H,13H2,1H3,(H,24,28). The number of benzene rings is 2. The number of amides is 1. The van der Waals surface area contributed by atoms with E-state index in [1.807, 2.05) is 0 Å². The van der Waals surface area contributed by atoms with Crippen molar-refractivity contribution in [3.05, 3.63) is 82.2 Å². The predicted octanol–water partition coefficient (Wildman–Crippen LogP) is 3.87. The largest absolute Gasteiger partial charge is 0.497 e. The number of hydrogen-bond acceptors (Lipinski definition) is 6. The molecule has 1 amide bonds. The Bertz CT molecular complexity index is 1260. The lowest BCUT2D eigenvalue weighted by Gasteiger charge is -2.08. The molecule has 0 saturated carbocycles. The van der Waals surface area contributed by atoms with E-state index in [1.54, 1.807) is 61.7 Å². The smallest absolute Gasteiger partial charge is 0.259 e. The van der Waals surface area contributed by atoms with Gasteiger partial charge in [-0.1, -0.05) is 16.8 Å². The summed E-state index contributed by atoms with van der Waals surface area (Å²) in [6.07, 6.45) is 1.51. The average Bonchev–Trinajstić information content (AvgIpc) is 3.26. The van der Waals surface area contributed by atoms with E-state index in [9.17, 15) is 9.59 Å². The molecule has 0 bridgehead atoms. The zero-order chi connectivity index (χ0) is 21.8. The average molecular weight is 437 g/mol. The summed E-state index contributed by atoms with van der Waals surface area (Å²) < 4.78 is 11.7. The van der Waals surface area contributed by atoms with Crippen LogP contribution in [0.15, 0.2) is 76.2 Å². The number of halogens is 1. The van der Waals surface area contributed by atoms with Crippen molar-refractivity contribution in [3.63, 3.8) is 0 Å². The zero-order valence-corrected chi connectivity index (χ0v) is 17.2. The molecule has 2 aromatic carbocycles. The van der Waals surface area contributed by atoms with Gasteiger partial charge in [-0.3, -0.25) is 9.59 Å². The monoisotopic (exact) mass is 436 g/mol. The molecule has 0 unspecified atom stereocenters. The Morgan fingerprint density at radius 2 is 1.77 bits per heavy atom. The number of ether oxygens (including phenoxy) is 1. The van der Waals surface area contributed by atoms with Gasteiger partial charge in [-0.2, -0.15) is 4.98 Å². The van der Waals surface area contributed by atoms with Crippen LogP contribution in [0.4, 0.5) is 5.69 Å². The van der Waals surface area contributed by atoms with E-state index in [1.165, 1.54) is 16.8 Å². The van der Waals surface area contributed by atoms with Gasteiger partial charge >= 0.3 is 0 Å². The zero-order valence-electron chi connectivity index (χ0n) is 16.4. The van der Waals surface area contributed by atoms with Crippen molar-refractivity contribution >= 4 is 23.2 Å². The molecular weight excluding hydrogens is 420 g/mol. The second-order valence-corrected chi connectivity index (χ2v) is 7.03. The fourth-order valence-corrected chi connectivity index (χ4v) is 2.99. The van der Waals surface area contributed by atoms with Gasteiger partial charge in [-0.15, -0.1) is 0 Å². The minimum absolute atomic E-state index is 0.170. The first-order valence-corrected chi connectivity index (χ1v) is 9.64. The summed E-state index contributed by atoms with van der Waals surface area (Å²) >= 11 is 5.90. The van der Waals surface area contributed by atoms with Gasteiger partial charge < -0.3 is 19.1 Å². The SMILES string of the molecule is COc1ccc(NC(=O)Cn2cc(-c3nc(-c4ccc(Cl)cc4)no3)ccc2=O)cc1. The highest BCUT2D eigenvalue weighted by Crippen LogP contribution is 2.23. The van der Waals surface area contributed by atoms with E-state index in [4.69, 9.17) is 20.9 Å². The summed E-state index contributed by atoms with van der Waals surface area (Å²) in [5.41, 5.74) is 1.53. The van der Waals surface area contributed by atoms with Crippen LogP contribution < -0.4 is 15.6 Å². The Morgan fingerprint density at radius 3 is 2.48 bits per heavy atom. The third-order valence-corrected chi connectivity index (χ3v) is 4.70.